The highest BCUT2D eigenvalue weighted by Gasteiger charge is 2.04. The lowest BCUT2D eigenvalue weighted by molar-refractivity contribution is 0.0955. The van der Waals surface area contributed by atoms with Crippen molar-refractivity contribution < 1.29 is 20.2 Å². The highest BCUT2D eigenvalue weighted by molar-refractivity contribution is 5.95. The molecule has 0 aromatic heterocycles. The zero-order valence-corrected chi connectivity index (χ0v) is 10.8. The summed E-state index contributed by atoms with van der Waals surface area (Å²) < 4.78 is 0. The van der Waals surface area contributed by atoms with E-state index in [9.17, 15) is 9.90 Å². The van der Waals surface area contributed by atoms with E-state index in [-0.39, 0.29) is 11.5 Å². The Morgan fingerprint density at radius 2 is 1.90 bits per heavy atom. The molecule has 2 aromatic rings. The molecule has 0 saturated heterocycles. The number of amides is 1. The summed E-state index contributed by atoms with van der Waals surface area (Å²) in [5.74, 6) is -0.956. The fourth-order valence-electron chi connectivity index (χ4n) is 1.58. The monoisotopic (exact) mass is 287 g/mol. The van der Waals surface area contributed by atoms with E-state index in [1.807, 2.05) is 5.48 Å². The van der Waals surface area contributed by atoms with Gasteiger partial charge in [-0.25, -0.2) is 5.43 Å². The number of hydrazone groups is 1. The molecule has 0 saturated carbocycles. The fraction of sp³-hybridized carbons (Fsp3) is 0. The topological polar surface area (TPSA) is 114 Å². The van der Waals surface area contributed by atoms with Crippen LogP contribution in [0.4, 0.5) is 5.69 Å². The maximum Gasteiger partial charge on any atom is 0.271 e. The molecule has 7 heteroatoms. The first-order valence-corrected chi connectivity index (χ1v) is 5.95. The summed E-state index contributed by atoms with van der Waals surface area (Å²) in [6, 6.07) is 10.4. The maximum atomic E-state index is 11.8. The summed E-state index contributed by atoms with van der Waals surface area (Å²) in [5, 5.41) is 31.0. The van der Waals surface area contributed by atoms with Crippen LogP contribution in [0, 0.1) is 0 Å². The predicted octanol–water partition coefficient (Wildman–Crippen LogP) is 1.66. The van der Waals surface area contributed by atoms with Crippen LogP contribution in [0.5, 0.6) is 11.5 Å². The number of nitrogens with one attached hydrogen (secondary N) is 2. The Morgan fingerprint density at radius 3 is 2.62 bits per heavy atom. The molecule has 2 rings (SSSR count). The maximum absolute atomic E-state index is 11.8. The van der Waals surface area contributed by atoms with Gasteiger partial charge in [-0.1, -0.05) is 6.07 Å². The summed E-state index contributed by atoms with van der Waals surface area (Å²) in [6.45, 7) is 0. The molecule has 0 unspecified atom stereocenters. The third-order valence-corrected chi connectivity index (χ3v) is 2.63. The summed E-state index contributed by atoms with van der Waals surface area (Å²) in [6.07, 6.45) is 1.32. The van der Waals surface area contributed by atoms with Gasteiger partial charge in [0.2, 0.25) is 0 Å². The molecule has 0 bridgehead atoms. The second-order valence-electron chi connectivity index (χ2n) is 4.14. The van der Waals surface area contributed by atoms with Crippen LogP contribution in [0.2, 0.25) is 0 Å². The smallest absolute Gasteiger partial charge is 0.271 e. The number of carbonyl (C=O) groups excluding carboxylic acids is 1. The van der Waals surface area contributed by atoms with E-state index in [0.29, 0.717) is 16.8 Å². The minimum atomic E-state index is -0.452. The van der Waals surface area contributed by atoms with E-state index in [0.717, 1.165) is 0 Å². The van der Waals surface area contributed by atoms with Gasteiger partial charge in [-0.15, -0.1) is 0 Å². The number of phenolic OH excluding ortho intramolecular Hbond substituents is 2. The van der Waals surface area contributed by atoms with Gasteiger partial charge in [-0.2, -0.15) is 5.10 Å². The van der Waals surface area contributed by atoms with E-state index in [1.54, 1.807) is 18.2 Å². The molecule has 7 nitrogen and oxygen atoms in total. The molecule has 108 valence electrons. The van der Waals surface area contributed by atoms with Crippen molar-refractivity contribution in [3.63, 3.8) is 0 Å². The molecule has 1 amide bonds. The lowest BCUT2D eigenvalue weighted by Crippen LogP contribution is -2.17. The highest BCUT2D eigenvalue weighted by Crippen LogP contribution is 2.23. The van der Waals surface area contributed by atoms with Crippen LogP contribution in [-0.4, -0.2) is 27.5 Å². The van der Waals surface area contributed by atoms with Crippen molar-refractivity contribution in [2.75, 3.05) is 5.48 Å². The normalized spacial score (nSPS) is 10.5. The number of hydrogen-bond acceptors (Lipinski definition) is 6. The van der Waals surface area contributed by atoms with E-state index >= 15 is 0 Å². The van der Waals surface area contributed by atoms with Crippen LogP contribution in [0.25, 0.3) is 0 Å². The average molecular weight is 287 g/mol. The van der Waals surface area contributed by atoms with Gasteiger partial charge in [0, 0.05) is 5.56 Å². The molecular formula is C14H13N3O4. The minimum Gasteiger partial charge on any atom is -0.504 e. The summed E-state index contributed by atoms with van der Waals surface area (Å²) in [7, 11) is 0. The lowest BCUT2D eigenvalue weighted by atomic mass is 10.2. The van der Waals surface area contributed by atoms with E-state index in [1.165, 1.54) is 30.5 Å². The molecule has 21 heavy (non-hydrogen) atoms. The first-order chi connectivity index (χ1) is 10.1. The van der Waals surface area contributed by atoms with Gasteiger partial charge < -0.3 is 10.2 Å². The van der Waals surface area contributed by atoms with Crippen LogP contribution in [-0.2, 0) is 0 Å². The van der Waals surface area contributed by atoms with Crippen molar-refractivity contribution in [2.24, 2.45) is 5.10 Å². The molecule has 0 aliphatic rings. The minimum absolute atomic E-state index is 0.232. The van der Waals surface area contributed by atoms with Crippen LogP contribution in [0.3, 0.4) is 0 Å². The predicted molar refractivity (Wildman–Crippen MR) is 76.7 cm³/mol. The third kappa shape index (κ3) is 3.71. The fourth-order valence-corrected chi connectivity index (χ4v) is 1.58. The van der Waals surface area contributed by atoms with Gasteiger partial charge in [0.05, 0.1) is 11.9 Å². The lowest BCUT2D eigenvalue weighted by Gasteiger charge is -2.03. The molecule has 0 fully saturated rings. The number of anilines is 1. The zero-order valence-electron chi connectivity index (χ0n) is 10.8. The number of rotatable bonds is 4. The number of hydrogen-bond donors (Lipinski definition) is 5. The van der Waals surface area contributed by atoms with Gasteiger partial charge in [0.25, 0.3) is 5.91 Å². The van der Waals surface area contributed by atoms with Crippen molar-refractivity contribution in [2.45, 2.75) is 0 Å². The van der Waals surface area contributed by atoms with Crippen LogP contribution in [0.1, 0.15) is 15.9 Å². The number of phenols is 2. The molecule has 0 aliphatic carbocycles. The van der Waals surface area contributed by atoms with Crippen molar-refractivity contribution in [3.05, 3.63) is 53.6 Å². The molecule has 0 heterocycles. The number of benzene rings is 2. The number of nitrogens with zero attached hydrogens (tertiary/aromatic N) is 1. The van der Waals surface area contributed by atoms with Gasteiger partial charge in [-0.3, -0.25) is 15.5 Å². The summed E-state index contributed by atoms with van der Waals surface area (Å²) in [4.78, 5) is 11.8. The van der Waals surface area contributed by atoms with Crippen LogP contribution >= 0.6 is 0 Å². The Hall–Kier alpha value is -3.06. The Balaban J connectivity index is 2.02. The Morgan fingerprint density at radius 1 is 1.10 bits per heavy atom. The van der Waals surface area contributed by atoms with E-state index in [2.05, 4.69) is 10.5 Å². The van der Waals surface area contributed by atoms with Gasteiger partial charge in [-0.05, 0) is 42.0 Å². The van der Waals surface area contributed by atoms with Gasteiger partial charge in [0.1, 0.15) is 0 Å². The third-order valence-electron chi connectivity index (χ3n) is 2.63. The zero-order chi connectivity index (χ0) is 15.2. The Kier molecular flexibility index (Phi) is 4.37. The Bertz CT molecular complexity index is 686. The van der Waals surface area contributed by atoms with E-state index in [4.69, 9.17) is 10.3 Å². The first-order valence-electron chi connectivity index (χ1n) is 5.95. The highest BCUT2D eigenvalue weighted by atomic mass is 16.5. The Labute approximate surface area is 120 Å². The SMILES string of the molecule is O=C(N/N=C/c1ccc(O)c(O)c1)c1cccc(NO)c1. The van der Waals surface area contributed by atoms with E-state index < -0.39 is 5.91 Å². The molecule has 0 atom stereocenters. The molecule has 0 radical (unpaired) electrons. The van der Waals surface area contributed by atoms with Crippen molar-refractivity contribution >= 4 is 17.8 Å². The standard InChI is InChI=1S/C14H13N3O4/c18-12-5-4-9(6-13(12)19)8-15-16-14(20)10-2-1-3-11(7-10)17-21/h1-8,17-19,21H,(H,16,20)/b15-8+. The second kappa shape index (κ2) is 6.40. The largest absolute Gasteiger partial charge is 0.504 e. The molecule has 2 aromatic carbocycles. The van der Waals surface area contributed by atoms with Crippen molar-refractivity contribution in [1.29, 1.82) is 0 Å². The summed E-state index contributed by atoms with van der Waals surface area (Å²) >= 11 is 0. The van der Waals surface area contributed by atoms with Crippen molar-refractivity contribution in [3.8, 4) is 11.5 Å². The molecular weight excluding hydrogens is 274 g/mol. The first kappa shape index (κ1) is 14.4. The number of aromatic hydroxyl groups is 2. The second-order valence-corrected chi connectivity index (χ2v) is 4.14. The molecule has 0 spiro atoms. The van der Waals surface area contributed by atoms with Gasteiger partial charge in [0.15, 0.2) is 11.5 Å². The summed E-state index contributed by atoms with van der Waals surface area (Å²) in [5.41, 5.74) is 5.47. The van der Waals surface area contributed by atoms with Crippen LogP contribution < -0.4 is 10.9 Å². The molecule has 5 N–H and O–H groups in total. The molecule has 0 aliphatic heterocycles. The number of carbonyl (C=O) groups is 1. The van der Waals surface area contributed by atoms with Crippen LogP contribution in [0.15, 0.2) is 47.6 Å². The van der Waals surface area contributed by atoms with Crippen molar-refractivity contribution in [1.82, 2.24) is 5.43 Å². The quantitative estimate of drug-likeness (QED) is 0.333. The van der Waals surface area contributed by atoms with Gasteiger partial charge >= 0.3 is 0 Å². The average Bonchev–Trinajstić information content (AvgIpc) is 2.50.